The molecule has 3 heteroatoms. The van der Waals surface area contributed by atoms with Gasteiger partial charge in [-0.15, -0.1) is 0 Å². The van der Waals surface area contributed by atoms with Crippen molar-refractivity contribution < 1.29 is 0 Å². The Balaban J connectivity index is 2.38. The van der Waals surface area contributed by atoms with E-state index >= 15 is 0 Å². The fourth-order valence-electron chi connectivity index (χ4n) is 3.26. The van der Waals surface area contributed by atoms with Crippen molar-refractivity contribution in [2.24, 2.45) is 0 Å². The molecule has 124 valence electrons. The number of nitrogens with zero attached hydrogens (tertiary/aromatic N) is 3. The Bertz CT molecular complexity index is 794. The molecule has 0 spiro atoms. The third-order valence-corrected chi connectivity index (χ3v) is 4.57. The number of hydrogen-bond acceptors (Lipinski definition) is 2. The molecule has 0 aliphatic carbocycles. The number of fused-ring (bicyclic) bond motifs is 1. The van der Waals surface area contributed by atoms with Crippen molar-refractivity contribution in [3.8, 4) is 11.3 Å². The van der Waals surface area contributed by atoms with Gasteiger partial charge in [-0.05, 0) is 24.3 Å². The first kappa shape index (κ1) is 16.2. The van der Waals surface area contributed by atoms with Crippen LogP contribution in [0.4, 0.5) is 5.69 Å². The summed E-state index contributed by atoms with van der Waals surface area (Å²) in [6.45, 7) is 9.30. The largest absolute Gasteiger partial charge is 0.378 e. The number of allylic oxidation sites excluding steroid dienone is 1. The lowest BCUT2D eigenvalue weighted by atomic mass is 10.0. The Morgan fingerprint density at radius 2 is 1.88 bits per heavy atom. The number of rotatable bonds is 5. The highest BCUT2D eigenvalue weighted by molar-refractivity contribution is 5.92. The maximum Gasteiger partial charge on any atom is 0.0760 e. The lowest BCUT2D eigenvalue weighted by Gasteiger charge is -2.22. The van der Waals surface area contributed by atoms with E-state index in [4.69, 9.17) is 0 Å². The van der Waals surface area contributed by atoms with E-state index in [2.05, 4.69) is 70.0 Å². The van der Waals surface area contributed by atoms with Gasteiger partial charge in [-0.2, -0.15) is 0 Å². The van der Waals surface area contributed by atoms with Crippen LogP contribution in [-0.2, 0) is 6.54 Å². The van der Waals surface area contributed by atoms with Crippen LogP contribution in [-0.4, -0.2) is 30.6 Å². The second-order valence-corrected chi connectivity index (χ2v) is 6.30. The van der Waals surface area contributed by atoms with Gasteiger partial charge >= 0.3 is 0 Å². The molecule has 2 heterocycles. The minimum Gasteiger partial charge on any atom is -0.378 e. The molecule has 0 amide bonds. The average molecular weight is 319 g/mol. The van der Waals surface area contributed by atoms with Crippen LogP contribution >= 0.6 is 0 Å². The summed E-state index contributed by atoms with van der Waals surface area (Å²) >= 11 is 0. The third kappa shape index (κ3) is 2.56. The Kier molecular flexibility index (Phi) is 4.34. The SMILES string of the molecule is C=CN(C)c1c(C(=C)N(C)C)c(-c2ccccc2)n2c1C=CCC2. The Morgan fingerprint density at radius 1 is 1.17 bits per heavy atom. The van der Waals surface area contributed by atoms with Gasteiger partial charge in [-0.1, -0.05) is 49.6 Å². The van der Waals surface area contributed by atoms with Crippen molar-refractivity contribution in [3.63, 3.8) is 0 Å². The van der Waals surface area contributed by atoms with Gasteiger partial charge in [0.05, 0.1) is 17.1 Å². The molecule has 1 aliphatic rings. The standard InChI is InChI=1S/C21H25N3/c1-6-23(5)21-18-14-10-11-15-24(18)20(17-12-8-7-9-13-17)19(21)16(2)22(3)4/h6-10,12-14H,1-2,11,15H2,3-5H3. The van der Waals surface area contributed by atoms with Gasteiger partial charge in [0.2, 0.25) is 0 Å². The van der Waals surface area contributed by atoms with Gasteiger partial charge in [-0.25, -0.2) is 0 Å². The van der Waals surface area contributed by atoms with Gasteiger partial charge in [0, 0.05) is 38.9 Å². The predicted molar refractivity (Wildman–Crippen MR) is 105 cm³/mol. The second kappa shape index (κ2) is 6.44. The first-order valence-electron chi connectivity index (χ1n) is 8.26. The summed E-state index contributed by atoms with van der Waals surface area (Å²) in [5.74, 6) is 0. The lowest BCUT2D eigenvalue weighted by molar-refractivity contribution is 0.593. The van der Waals surface area contributed by atoms with Crippen molar-refractivity contribution in [2.75, 3.05) is 26.0 Å². The summed E-state index contributed by atoms with van der Waals surface area (Å²) in [6, 6.07) is 10.6. The summed E-state index contributed by atoms with van der Waals surface area (Å²) in [5.41, 5.74) is 7.02. The molecule has 0 unspecified atom stereocenters. The molecule has 0 bridgehead atoms. The van der Waals surface area contributed by atoms with Gasteiger partial charge in [-0.3, -0.25) is 0 Å². The highest BCUT2D eigenvalue weighted by Crippen LogP contribution is 2.43. The van der Waals surface area contributed by atoms with Crippen LogP contribution in [0.25, 0.3) is 23.0 Å². The van der Waals surface area contributed by atoms with E-state index in [9.17, 15) is 0 Å². The molecule has 1 aliphatic heterocycles. The van der Waals surface area contributed by atoms with Crippen LogP contribution in [0.15, 0.2) is 55.8 Å². The molecule has 0 N–H and O–H groups in total. The Hall–Kier alpha value is -2.68. The summed E-state index contributed by atoms with van der Waals surface area (Å²) in [4.78, 5) is 4.18. The summed E-state index contributed by atoms with van der Waals surface area (Å²) in [7, 11) is 6.13. The zero-order valence-corrected chi connectivity index (χ0v) is 14.8. The minimum atomic E-state index is 0.981. The summed E-state index contributed by atoms with van der Waals surface area (Å²) in [6.07, 6.45) is 7.37. The van der Waals surface area contributed by atoms with Gasteiger partial charge in [0.15, 0.2) is 0 Å². The van der Waals surface area contributed by atoms with E-state index in [-0.39, 0.29) is 0 Å². The maximum absolute atomic E-state index is 4.36. The van der Waals surface area contributed by atoms with Crippen molar-refractivity contribution in [1.82, 2.24) is 9.47 Å². The van der Waals surface area contributed by atoms with Gasteiger partial charge in [0.25, 0.3) is 0 Å². The molecule has 3 nitrogen and oxygen atoms in total. The van der Waals surface area contributed by atoms with Crippen LogP contribution in [0.5, 0.6) is 0 Å². The molecular weight excluding hydrogens is 294 g/mol. The average Bonchev–Trinajstić information content (AvgIpc) is 2.96. The maximum atomic E-state index is 4.36. The second-order valence-electron chi connectivity index (χ2n) is 6.30. The van der Waals surface area contributed by atoms with Crippen LogP contribution in [0, 0.1) is 0 Å². The Morgan fingerprint density at radius 3 is 2.50 bits per heavy atom. The molecule has 1 aromatic heterocycles. The molecule has 2 aromatic rings. The fraction of sp³-hybridized carbons (Fsp3) is 0.238. The molecule has 1 aromatic carbocycles. The summed E-state index contributed by atoms with van der Waals surface area (Å²) in [5, 5.41) is 0. The van der Waals surface area contributed by atoms with Crippen LogP contribution in [0.1, 0.15) is 17.7 Å². The lowest BCUT2D eigenvalue weighted by Crippen LogP contribution is -2.14. The highest BCUT2D eigenvalue weighted by Gasteiger charge is 2.27. The topological polar surface area (TPSA) is 11.4 Å². The molecule has 0 atom stereocenters. The molecular formula is C21H25N3. The minimum absolute atomic E-state index is 0.981. The van der Waals surface area contributed by atoms with Crippen LogP contribution in [0.3, 0.4) is 0 Å². The van der Waals surface area contributed by atoms with Crippen molar-refractivity contribution >= 4 is 17.5 Å². The first-order valence-corrected chi connectivity index (χ1v) is 8.26. The quantitative estimate of drug-likeness (QED) is 0.792. The van der Waals surface area contributed by atoms with Gasteiger partial charge < -0.3 is 14.4 Å². The predicted octanol–water partition coefficient (Wildman–Crippen LogP) is 4.68. The highest BCUT2D eigenvalue weighted by atomic mass is 15.2. The molecule has 3 rings (SSSR count). The number of aromatic nitrogens is 1. The number of anilines is 1. The Labute approximate surface area is 144 Å². The third-order valence-electron chi connectivity index (χ3n) is 4.57. The first-order chi connectivity index (χ1) is 11.6. The monoisotopic (exact) mass is 319 g/mol. The van der Waals surface area contributed by atoms with E-state index in [1.165, 1.54) is 28.2 Å². The molecule has 0 saturated heterocycles. The number of hydrogen-bond donors (Lipinski definition) is 0. The van der Waals surface area contributed by atoms with Crippen LogP contribution < -0.4 is 4.90 Å². The summed E-state index contributed by atoms with van der Waals surface area (Å²) < 4.78 is 2.41. The van der Waals surface area contributed by atoms with Gasteiger partial charge in [0.1, 0.15) is 0 Å². The fourth-order valence-corrected chi connectivity index (χ4v) is 3.26. The van der Waals surface area contributed by atoms with E-state index in [1.54, 1.807) is 0 Å². The molecule has 0 radical (unpaired) electrons. The molecule has 0 fully saturated rings. The normalized spacial score (nSPS) is 12.6. The van der Waals surface area contributed by atoms with E-state index in [1.807, 2.05) is 27.3 Å². The molecule has 0 saturated carbocycles. The van der Waals surface area contributed by atoms with Crippen molar-refractivity contribution in [2.45, 2.75) is 13.0 Å². The molecule has 24 heavy (non-hydrogen) atoms. The zero-order valence-electron chi connectivity index (χ0n) is 14.8. The van der Waals surface area contributed by atoms with Crippen molar-refractivity contribution in [1.29, 1.82) is 0 Å². The smallest absolute Gasteiger partial charge is 0.0760 e. The van der Waals surface area contributed by atoms with E-state index in [0.29, 0.717) is 0 Å². The van der Waals surface area contributed by atoms with Crippen molar-refractivity contribution in [3.05, 3.63) is 67.0 Å². The van der Waals surface area contributed by atoms with E-state index in [0.717, 1.165) is 18.7 Å². The van der Waals surface area contributed by atoms with Crippen LogP contribution in [0.2, 0.25) is 0 Å². The van der Waals surface area contributed by atoms with E-state index < -0.39 is 0 Å². The zero-order chi connectivity index (χ0) is 17.3. The number of benzene rings is 1.